The summed E-state index contributed by atoms with van der Waals surface area (Å²) in [6.07, 6.45) is 2.69. The highest BCUT2D eigenvalue weighted by Crippen LogP contribution is 2.21. The predicted octanol–water partition coefficient (Wildman–Crippen LogP) is 2.91. The number of hydrogen-bond donors (Lipinski definition) is 1. The van der Waals surface area contributed by atoms with E-state index >= 15 is 0 Å². The molecule has 0 aliphatic rings. The average molecular weight is 171 g/mol. The molecule has 0 aromatic rings. The van der Waals surface area contributed by atoms with E-state index in [4.69, 9.17) is 0 Å². The molecule has 0 amide bonds. The van der Waals surface area contributed by atoms with Gasteiger partial charge in [0.1, 0.15) is 0 Å². The zero-order valence-electron chi connectivity index (χ0n) is 9.35. The van der Waals surface area contributed by atoms with Crippen molar-refractivity contribution in [2.75, 3.05) is 13.6 Å². The second kappa shape index (κ2) is 6.47. The van der Waals surface area contributed by atoms with Crippen LogP contribution in [0.3, 0.4) is 0 Å². The summed E-state index contributed by atoms with van der Waals surface area (Å²) in [5.74, 6) is 2.55. The van der Waals surface area contributed by atoms with Crippen LogP contribution >= 0.6 is 0 Å². The monoisotopic (exact) mass is 171 g/mol. The highest BCUT2D eigenvalue weighted by Gasteiger charge is 2.13. The van der Waals surface area contributed by atoms with E-state index in [1.54, 1.807) is 0 Å². The van der Waals surface area contributed by atoms with Crippen LogP contribution in [0.2, 0.25) is 0 Å². The minimum absolute atomic E-state index is 0.809. The predicted molar refractivity (Wildman–Crippen MR) is 56.3 cm³/mol. The fraction of sp³-hybridized carbons (Fsp3) is 1.00. The molecule has 0 heterocycles. The van der Waals surface area contributed by atoms with Crippen LogP contribution in [-0.2, 0) is 0 Å². The number of nitrogens with one attached hydrogen (secondary N) is 1. The summed E-state index contributed by atoms with van der Waals surface area (Å²) in [5.41, 5.74) is 0. The van der Waals surface area contributed by atoms with Crippen LogP contribution in [0, 0.1) is 17.8 Å². The van der Waals surface area contributed by atoms with Gasteiger partial charge >= 0.3 is 0 Å². The molecule has 12 heavy (non-hydrogen) atoms. The molecule has 74 valence electrons. The first-order chi connectivity index (χ1) is 5.61. The first kappa shape index (κ1) is 12.0. The molecular weight excluding hydrogens is 146 g/mol. The highest BCUT2D eigenvalue weighted by molar-refractivity contribution is 4.66. The van der Waals surface area contributed by atoms with Gasteiger partial charge in [-0.25, -0.2) is 0 Å². The lowest BCUT2D eigenvalue weighted by molar-refractivity contribution is 0.304. The van der Waals surface area contributed by atoms with Crippen molar-refractivity contribution in [3.63, 3.8) is 0 Å². The Morgan fingerprint density at radius 2 is 1.67 bits per heavy atom. The minimum atomic E-state index is 0.809. The Hall–Kier alpha value is -0.0400. The van der Waals surface area contributed by atoms with Gasteiger partial charge in [-0.1, -0.05) is 34.1 Å². The molecule has 3 unspecified atom stereocenters. The molecule has 1 heteroatoms. The molecule has 1 N–H and O–H groups in total. The maximum Gasteiger partial charge on any atom is -0.00236 e. The first-order valence-electron chi connectivity index (χ1n) is 5.26. The Kier molecular flexibility index (Phi) is 6.45. The van der Waals surface area contributed by atoms with Crippen molar-refractivity contribution in [1.82, 2.24) is 5.32 Å². The van der Waals surface area contributed by atoms with Gasteiger partial charge in [0.15, 0.2) is 0 Å². The summed E-state index contributed by atoms with van der Waals surface area (Å²) in [6, 6.07) is 0. The molecule has 0 aromatic heterocycles. The van der Waals surface area contributed by atoms with E-state index in [-0.39, 0.29) is 0 Å². The van der Waals surface area contributed by atoms with Gasteiger partial charge in [-0.15, -0.1) is 0 Å². The molecule has 0 bridgehead atoms. The maximum absolute atomic E-state index is 3.24. The molecule has 0 aliphatic carbocycles. The zero-order chi connectivity index (χ0) is 9.56. The van der Waals surface area contributed by atoms with Gasteiger partial charge in [-0.3, -0.25) is 0 Å². The van der Waals surface area contributed by atoms with Crippen LogP contribution in [0.1, 0.15) is 40.5 Å². The largest absolute Gasteiger partial charge is 0.319 e. The molecular formula is C11H25N. The summed E-state index contributed by atoms with van der Waals surface area (Å²) in [4.78, 5) is 0. The van der Waals surface area contributed by atoms with Crippen LogP contribution in [0.25, 0.3) is 0 Å². The summed E-state index contributed by atoms with van der Waals surface area (Å²) in [5, 5.41) is 3.24. The fourth-order valence-corrected chi connectivity index (χ4v) is 1.56. The summed E-state index contributed by atoms with van der Waals surface area (Å²) < 4.78 is 0. The van der Waals surface area contributed by atoms with Crippen LogP contribution in [0.4, 0.5) is 0 Å². The van der Waals surface area contributed by atoms with Gasteiger partial charge in [0.25, 0.3) is 0 Å². The maximum atomic E-state index is 3.24. The molecule has 3 atom stereocenters. The van der Waals surface area contributed by atoms with Crippen LogP contribution in [0.5, 0.6) is 0 Å². The lowest BCUT2D eigenvalue weighted by Gasteiger charge is -2.22. The lowest BCUT2D eigenvalue weighted by Crippen LogP contribution is -2.23. The number of rotatable bonds is 6. The van der Waals surface area contributed by atoms with E-state index in [0.29, 0.717) is 0 Å². The molecule has 0 aromatic carbocycles. The Morgan fingerprint density at radius 1 is 1.08 bits per heavy atom. The fourth-order valence-electron chi connectivity index (χ4n) is 1.56. The van der Waals surface area contributed by atoms with Crippen molar-refractivity contribution in [1.29, 1.82) is 0 Å². The van der Waals surface area contributed by atoms with E-state index in [1.165, 1.54) is 12.8 Å². The zero-order valence-corrected chi connectivity index (χ0v) is 9.35. The Bertz CT molecular complexity index is 101. The first-order valence-corrected chi connectivity index (χ1v) is 5.26. The van der Waals surface area contributed by atoms with Crippen LogP contribution < -0.4 is 5.32 Å². The summed E-state index contributed by atoms with van der Waals surface area (Å²) in [6.45, 7) is 10.5. The van der Waals surface area contributed by atoms with Crippen molar-refractivity contribution < 1.29 is 0 Å². The van der Waals surface area contributed by atoms with Crippen molar-refractivity contribution in [2.24, 2.45) is 17.8 Å². The van der Waals surface area contributed by atoms with Gasteiger partial charge in [0.2, 0.25) is 0 Å². The third-order valence-corrected chi connectivity index (χ3v) is 2.97. The van der Waals surface area contributed by atoms with Gasteiger partial charge in [-0.2, -0.15) is 0 Å². The smallest absolute Gasteiger partial charge is 0.00236 e. The lowest BCUT2D eigenvalue weighted by atomic mass is 9.86. The Labute approximate surface area is 77.9 Å². The van der Waals surface area contributed by atoms with E-state index in [1.807, 2.05) is 7.05 Å². The van der Waals surface area contributed by atoms with Crippen LogP contribution in [0.15, 0.2) is 0 Å². The summed E-state index contributed by atoms with van der Waals surface area (Å²) in [7, 11) is 2.03. The van der Waals surface area contributed by atoms with E-state index < -0.39 is 0 Å². The second-order valence-corrected chi connectivity index (χ2v) is 4.26. The molecule has 0 rings (SSSR count). The molecule has 0 saturated heterocycles. The molecule has 1 nitrogen and oxygen atoms in total. The average Bonchev–Trinajstić information content (AvgIpc) is 2.04. The number of hydrogen-bond acceptors (Lipinski definition) is 1. The van der Waals surface area contributed by atoms with Crippen molar-refractivity contribution >= 4 is 0 Å². The quantitative estimate of drug-likeness (QED) is 0.648. The Balaban J connectivity index is 3.62. The minimum Gasteiger partial charge on any atom is -0.319 e. The third kappa shape index (κ3) is 4.76. The molecule has 0 saturated carbocycles. The standard InChI is InChI=1S/C11H25N/c1-6-9(2)7-10(3)11(4)8-12-5/h9-12H,6-8H2,1-5H3. The third-order valence-electron chi connectivity index (χ3n) is 2.97. The van der Waals surface area contributed by atoms with Gasteiger partial charge in [0.05, 0.1) is 0 Å². The van der Waals surface area contributed by atoms with E-state index in [2.05, 4.69) is 33.0 Å². The molecule has 0 aliphatic heterocycles. The van der Waals surface area contributed by atoms with Crippen LogP contribution in [-0.4, -0.2) is 13.6 Å². The van der Waals surface area contributed by atoms with Gasteiger partial charge in [-0.05, 0) is 37.8 Å². The van der Waals surface area contributed by atoms with E-state index in [0.717, 1.165) is 24.3 Å². The summed E-state index contributed by atoms with van der Waals surface area (Å²) >= 11 is 0. The van der Waals surface area contributed by atoms with E-state index in [9.17, 15) is 0 Å². The highest BCUT2D eigenvalue weighted by atomic mass is 14.8. The SMILES string of the molecule is CCC(C)CC(C)C(C)CNC. The van der Waals surface area contributed by atoms with Gasteiger partial charge in [0, 0.05) is 0 Å². The van der Waals surface area contributed by atoms with Crippen molar-refractivity contribution in [3.05, 3.63) is 0 Å². The second-order valence-electron chi connectivity index (χ2n) is 4.26. The molecule has 0 fully saturated rings. The van der Waals surface area contributed by atoms with Crippen molar-refractivity contribution in [3.8, 4) is 0 Å². The molecule has 0 radical (unpaired) electrons. The normalized spacial score (nSPS) is 18.8. The van der Waals surface area contributed by atoms with Gasteiger partial charge < -0.3 is 5.32 Å². The Morgan fingerprint density at radius 3 is 2.08 bits per heavy atom. The van der Waals surface area contributed by atoms with Crippen molar-refractivity contribution in [2.45, 2.75) is 40.5 Å². The topological polar surface area (TPSA) is 12.0 Å². The molecule has 0 spiro atoms.